The SMILES string of the molecule is N#Cc1cc[nH]c1NCCc1ccccc1. The van der Waals surface area contributed by atoms with Gasteiger partial charge in [-0.1, -0.05) is 30.3 Å². The number of aromatic nitrogens is 1. The van der Waals surface area contributed by atoms with Crippen molar-refractivity contribution >= 4 is 5.82 Å². The van der Waals surface area contributed by atoms with E-state index in [0.29, 0.717) is 5.56 Å². The van der Waals surface area contributed by atoms with Crippen LogP contribution in [0.4, 0.5) is 5.82 Å². The minimum atomic E-state index is 0.660. The molecule has 0 amide bonds. The van der Waals surface area contributed by atoms with E-state index in [0.717, 1.165) is 18.8 Å². The molecule has 16 heavy (non-hydrogen) atoms. The molecule has 80 valence electrons. The quantitative estimate of drug-likeness (QED) is 0.816. The maximum absolute atomic E-state index is 8.81. The molecule has 0 radical (unpaired) electrons. The lowest BCUT2D eigenvalue weighted by Crippen LogP contribution is -2.05. The maximum atomic E-state index is 8.81. The second kappa shape index (κ2) is 5.04. The third kappa shape index (κ3) is 2.43. The van der Waals surface area contributed by atoms with Crippen LogP contribution in [0.5, 0.6) is 0 Å². The highest BCUT2D eigenvalue weighted by molar-refractivity contribution is 5.52. The number of nitrogens with zero attached hydrogens (tertiary/aromatic N) is 1. The topological polar surface area (TPSA) is 51.6 Å². The van der Waals surface area contributed by atoms with Crippen LogP contribution in [0, 0.1) is 11.3 Å². The van der Waals surface area contributed by atoms with Gasteiger partial charge in [0.1, 0.15) is 11.9 Å². The molecule has 0 atom stereocenters. The Morgan fingerprint density at radius 3 is 2.75 bits per heavy atom. The first-order valence-electron chi connectivity index (χ1n) is 5.25. The summed E-state index contributed by atoms with van der Waals surface area (Å²) in [5.41, 5.74) is 1.95. The second-order valence-corrected chi connectivity index (χ2v) is 3.54. The predicted molar refractivity (Wildman–Crippen MR) is 64.1 cm³/mol. The van der Waals surface area contributed by atoms with Crippen molar-refractivity contribution in [2.45, 2.75) is 6.42 Å². The smallest absolute Gasteiger partial charge is 0.121 e. The summed E-state index contributed by atoms with van der Waals surface area (Å²) in [6.07, 6.45) is 2.72. The van der Waals surface area contributed by atoms with Gasteiger partial charge in [0.25, 0.3) is 0 Å². The molecule has 0 aliphatic rings. The van der Waals surface area contributed by atoms with Crippen molar-refractivity contribution in [3.05, 3.63) is 53.7 Å². The molecule has 2 rings (SSSR count). The van der Waals surface area contributed by atoms with E-state index in [2.05, 4.69) is 28.5 Å². The van der Waals surface area contributed by atoms with Crippen molar-refractivity contribution in [2.24, 2.45) is 0 Å². The first-order chi connectivity index (χ1) is 7.90. The van der Waals surface area contributed by atoms with E-state index in [4.69, 9.17) is 5.26 Å². The standard InChI is InChI=1S/C13H13N3/c14-10-12-7-9-16-13(12)15-8-6-11-4-2-1-3-5-11/h1-5,7,9,15-16H,6,8H2. The minimum Gasteiger partial charge on any atom is -0.370 e. The largest absolute Gasteiger partial charge is 0.370 e. The molecule has 0 aliphatic heterocycles. The van der Waals surface area contributed by atoms with Crippen LogP contribution in [0.15, 0.2) is 42.6 Å². The molecule has 1 aromatic heterocycles. The lowest BCUT2D eigenvalue weighted by molar-refractivity contribution is 1.01. The van der Waals surface area contributed by atoms with E-state index in [-0.39, 0.29) is 0 Å². The summed E-state index contributed by atoms with van der Waals surface area (Å²) in [4.78, 5) is 3.01. The van der Waals surface area contributed by atoms with Crippen LogP contribution in [-0.4, -0.2) is 11.5 Å². The predicted octanol–water partition coefficient (Wildman–Crippen LogP) is 2.54. The first kappa shape index (κ1) is 10.3. The van der Waals surface area contributed by atoms with E-state index in [1.165, 1.54) is 5.56 Å². The van der Waals surface area contributed by atoms with Gasteiger partial charge in [-0.15, -0.1) is 0 Å². The van der Waals surface area contributed by atoms with Gasteiger partial charge < -0.3 is 10.3 Å². The molecule has 2 aromatic rings. The number of nitrogens with one attached hydrogen (secondary N) is 2. The van der Waals surface area contributed by atoms with E-state index in [1.54, 1.807) is 12.3 Å². The Kier molecular flexibility index (Phi) is 3.25. The highest BCUT2D eigenvalue weighted by Gasteiger charge is 2.00. The highest BCUT2D eigenvalue weighted by atomic mass is 15.0. The number of aromatic amines is 1. The van der Waals surface area contributed by atoms with Gasteiger partial charge in [-0.25, -0.2) is 0 Å². The van der Waals surface area contributed by atoms with E-state index >= 15 is 0 Å². The number of benzene rings is 1. The molecule has 1 aromatic carbocycles. The fraction of sp³-hybridized carbons (Fsp3) is 0.154. The van der Waals surface area contributed by atoms with Gasteiger partial charge in [-0.2, -0.15) is 5.26 Å². The van der Waals surface area contributed by atoms with Crippen LogP contribution in [0.3, 0.4) is 0 Å². The van der Waals surface area contributed by atoms with Crippen LogP contribution in [0.2, 0.25) is 0 Å². The fourth-order valence-electron chi connectivity index (χ4n) is 1.59. The van der Waals surface area contributed by atoms with Crippen LogP contribution in [0.25, 0.3) is 0 Å². The summed E-state index contributed by atoms with van der Waals surface area (Å²) >= 11 is 0. The molecule has 0 aliphatic carbocycles. The summed E-state index contributed by atoms with van der Waals surface area (Å²) in [6, 6.07) is 14.2. The molecule has 0 fully saturated rings. The van der Waals surface area contributed by atoms with Gasteiger partial charge in [-0.3, -0.25) is 0 Å². The van der Waals surface area contributed by atoms with Crippen molar-refractivity contribution in [3.8, 4) is 6.07 Å². The molecule has 3 nitrogen and oxygen atoms in total. The number of anilines is 1. The van der Waals surface area contributed by atoms with Crippen LogP contribution < -0.4 is 5.32 Å². The molecule has 0 bridgehead atoms. The molecule has 0 unspecified atom stereocenters. The molecule has 1 heterocycles. The number of hydrogen-bond donors (Lipinski definition) is 2. The maximum Gasteiger partial charge on any atom is 0.121 e. The van der Waals surface area contributed by atoms with Gasteiger partial charge in [0.2, 0.25) is 0 Å². The van der Waals surface area contributed by atoms with Crippen LogP contribution in [-0.2, 0) is 6.42 Å². The van der Waals surface area contributed by atoms with Crippen LogP contribution >= 0.6 is 0 Å². The summed E-state index contributed by atoms with van der Waals surface area (Å²) in [7, 11) is 0. The first-order valence-corrected chi connectivity index (χ1v) is 5.25. The Bertz CT molecular complexity index is 479. The summed E-state index contributed by atoms with van der Waals surface area (Å²) in [5, 5.41) is 12.0. The molecule has 2 N–H and O–H groups in total. The van der Waals surface area contributed by atoms with Crippen LogP contribution in [0.1, 0.15) is 11.1 Å². The lowest BCUT2D eigenvalue weighted by Gasteiger charge is -2.04. The Labute approximate surface area is 94.7 Å². The monoisotopic (exact) mass is 211 g/mol. The average Bonchev–Trinajstić information content (AvgIpc) is 2.78. The summed E-state index contributed by atoms with van der Waals surface area (Å²) in [5.74, 6) is 0.804. The molecule has 0 spiro atoms. The van der Waals surface area contributed by atoms with Crippen molar-refractivity contribution < 1.29 is 0 Å². The molecular formula is C13H13N3. The summed E-state index contributed by atoms with van der Waals surface area (Å²) < 4.78 is 0. The summed E-state index contributed by atoms with van der Waals surface area (Å²) in [6.45, 7) is 0.819. The van der Waals surface area contributed by atoms with Gasteiger partial charge in [-0.05, 0) is 18.1 Å². The Balaban J connectivity index is 1.88. The fourth-order valence-corrected chi connectivity index (χ4v) is 1.59. The molecule has 0 saturated carbocycles. The number of H-pyrrole nitrogens is 1. The minimum absolute atomic E-state index is 0.660. The van der Waals surface area contributed by atoms with E-state index in [1.807, 2.05) is 18.2 Å². The third-order valence-electron chi connectivity index (χ3n) is 2.43. The third-order valence-corrected chi connectivity index (χ3v) is 2.43. The van der Waals surface area contributed by atoms with Gasteiger partial charge in [0, 0.05) is 12.7 Å². The van der Waals surface area contributed by atoms with Crippen molar-refractivity contribution in [1.29, 1.82) is 5.26 Å². The number of rotatable bonds is 4. The Morgan fingerprint density at radius 2 is 2.00 bits per heavy atom. The normalized spacial score (nSPS) is 9.69. The van der Waals surface area contributed by atoms with Gasteiger partial charge in [0.05, 0.1) is 5.56 Å². The zero-order chi connectivity index (χ0) is 11.2. The number of nitriles is 1. The Morgan fingerprint density at radius 1 is 1.19 bits per heavy atom. The van der Waals surface area contributed by atoms with Crippen molar-refractivity contribution in [3.63, 3.8) is 0 Å². The zero-order valence-electron chi connectivity index (χ0n) is 8.90. The number of hydrogen-bond acceptors (Lipinski definition) is 2. The van der Waals surface area contributed by atoms with Crippen molar-refractivity contribution in [1.82, 2.24) is 4.98 Å². The van der Waals surface area contributed by atoms with E-state index in [9.17, 15) is 0 Å². The van der Waals surface area contributed by atoms with Gasteiger partial charge >= 0.3 is 0 Å². The second-order valence-electron chi connectivity index (χ2n) is 3.54. The average molecular weight is 211 g/mol. The highest BCUT2D eigenvalue weighted by Crippen LogP contribution is 2.10. The lowest BCUT2D eigenvalue weighted by atomic mass is 10.1. The zero-order valence-corrected chi connectivity index (χ0v) is 8.90. The molecule has 3 heteroatoms. The van der Waals surface area contributed by atoms with E-state index < -0.39 is 0 Å². The van der Waals surface area contributed by atoms with Gasteiger partial charge in [0.15, 0.2) is 0 Å². The Hall–Kier alpha value is -2.21. The molecular weight excluding hydrogens is 198 g/mol. The molecule has 0 saturated heterocycles. The van der Waals surface area contributed by atoms with Crippen molar-refractivity contribution in [2.75, 3.05) is 11.9 Å².